The highest BCUT2D eigenvalue weighted by Crippen LogP contribution is 2.48. The number of nitrogens with two attached hydrogens (primary N) is 1. The van der Waals surface area contributed by atoms with E-state index in [9.17, 15) is 34.4 Å². The summed E-state index contributed by atoms with van der Waals surface area (Å²) in [6.07, 6.45) is -5.13. The number of benzene rings is 2. The van der Waals surface area contributed by atoms with Crippen LogP contribution in [0.25, 0.3) is 5.52 Å². The Hall–Kier alpha value is -5.57. The average Bonchev–Trinajstić information content (AvgIpc) is 3.66. The van der Waals surface area contributed by atoms with Gasteiger partial charge in [-0.1, -0.05) is 48.5 Å². The first-order valence-electron chi connectivity index (χ1n) is 16.2. The summed E-state index contributed by atoms with van der Waals surface area (Å²) in [5.41, 5.74) is 3.28. The van der Waals surface area contributed by atoms with E-state index in [0.717, 1.165) is 6.33 Å². The maximum Gasteiger partial charge on any atom is 0.459 e. The van der Waals surface area contributed by atoms with Gasteiger partial charge in [0.15, 0.2) is 18.0 Å². The second kappa shape index (κ2) is 15.6. The van der Waals surface area contributed by atoms with E-state index < -0.39 is 74.0 Å². The molecule has 0 aliphatic carbocycles. The van der Waals surface area contributed by atoms with Crippen LogP contribution in [-0.2, 0) is 38.5 Å². The molecule has 1 aliphatic rings. The Morgan fingerprint density at radius 1 is 1.11 bits per heavy atom. The maximum atomic E-state index is 14.1. The van der Waals surface area contributed by atoms with Gasteiger partial charge in [-0.05, 0) is 57.5 Å². The Balaban J connectivity index is 1.53. The van der Waals surface area contributed by atoms with Gasteiger partial charge < -0.3 is 40.0 Å². The number of aliphatic hydroxyl groups is 1. The lowest BCUT2D eigenvalue weighted by atomic mass is 9.92. The highest BCUT2D eigenvalue weighted by molar-refractivity contribution is 7.52. The topological polar surface area (TPSA) is 259 Å². The number of carbonyl (C=O) groups is 3. The van der Waals surface area contributed by atoms with Gasteiger partial charge in [-0.25, -0.2) is 23.7 Å². The summed E-state index contributed by atoms with van der Waals surface area (Å²) < 4.78 is 44.0. The number of ether oxygens (including phenoxy) is 3. The van der Waals surface area contributed by atoms with Gasteiger partial charge in [0.25, 0.3) is 0 Å². The molecule has 18 nitrogen and oxygen atoms in total. The molecule has 1 fully saturated rings. The Kier molecular flexibility index (Phi) is 11.4. The first-order chi connectivity index (χ1) is 25.1. The number of rotatable bonds is 13. The molecule has 280 valence electrons. The zero-order valence-electron chi connectivity index (χ0n) is 29.0. The molecule has 53 heavy (non-hydrogen) atoms. The van der Waals surface area contributed by atoms with Crippen LogP contribution in [0.3, 0.4) is 0 Å². The van der Waals surface area contributed by atoms with Gasteiger partial charge in [0.1, 0.15) is 47.5 Å². The van der Waals surface area contributed by atoms with E-state index in [1.54, 1.807) is 69.3 Å². The Labute approximate surface area is 303 Å². The third-order valence-electron chi connectivity index (χ3n) is 7.84. The minimum Gasteiger partial charge on any atom is -0.480 e. The lowest BCUT2D eigenvalue weighted by Crippen LogP contribution is -2.45. The predicted octanol–water partition coefficient (Wildman–Crippen LogP) is 3.23. The number of anilines is 1. The number of carboxylic acids is 1. The third kappa shape index (κ3) is 8.74. The van der Waals surface area contributed by atoms with Gasteiger partial charge in [-0.3, -0.25) is 9.32 Å². The van der Waals surface area contributed by atoms with E-state index in [-0.39, 0.29) is 28.3 Å². The number of fused-ring (bicyclic) bond motifs is 1. The number of alkyl carbamates (subject to hydrolysis) is 1. The fraction of sp³-hybridized carbons (Fsp3) is 0.353. The van der Waals surface area contributed by atoms with Crippen molar-refractivity contribution in [1.29, 1.82) is 5.26 Å². The van der Waals surface area contributed by atoms with Crippen LogP contribution in [0.15, 0.2) is 79.1 Å². The molecule has 1 aliphatic heterocycles. The molecule has 2 aromatic heterocycles. The number of hydrogen-bond donors (Lipinski definition) is 5. The monoisotopic (exact) mass is 751 g/mol. The van der Waals surface area contributed by atoms with Crippen molar-refractivity contribution in [2.24, 2.45) is 0 Å². The Morgan fingerprint density at radius 3 is 2.40 bits per heavy atom. The van der Waals surface area contributed by atoms with Gasteiger partial charge in [0.2, 0.25) is 5.60 Å². The average molecular weight is 752 g/mol. The summed E-state index contributed by atoms with van der Waals surface area (Å²) in [6.45, 7) is 5.32. The number of amides is 1. The number of nitrogens with zero attached hydrogens (tertiary/aromatic N) is 4. The van der Waals surface area contributed by atoms with Crippen LogP contribution >= 0.6 is 7.75 Å². The summed E-state index contributed by atoms with van der Waals surface area (Å²) >= 11 is 0. The molecular formula is C34H38N7O11P. The first kappa shape index (κ1) is 38.7. The summed E-state index contributed by atoms with van der Waals surface area (Å²) in [4.78, 5) is 42.5. The van der Waals surface area contributed by atoms with Crippen LogP contribution in [-0.4, -0.2) is 79.4 Å². The smallest absolute Gasteiger partial charge is 0.459 e. The molecule has 3 heterocycles. The number of esters is 1. The molecule has 19 heteroatoms. The molecule has 6 N–H and O–H groups in total. The lowest BCUT2D eigenvalue weighted by molar-refractivity contribution is -0.159. The van der Waals surface area contributed by atoms with Crippen molar-refractivity contribution in [2.45, 2.75) is 69.3 Å². The van der Waals surface area contributed by atoms with Crippen molar-refractivity contribution in [2.75, 3.05) is 12.3 Å². The summed E-state index contributed by atoms with van der Waals surface area (Å²) in [7, 11) is -4.58. The number of carbonyl (C=O) groups excluding carboxylic acids is 2. The number of aliphatic hydroxyl groups excluding tert-OH is 1. The molecule has 4 aromatic rings. The Bertz CT molecular complexity index is 2040. The van der Waals surface area contributed by atoms with Crippen LogP contribution in [0.4, 0.5) is 10.6 Å². The maximum absolute atomic E-state index is 14.1. The van der Waals surface area contributed by atoms with Gasteiger partial charge in [0, 0.05) is 0 Å². The van der Waals surface area contributed by atoms with Crippen LogP contribution in [0.5, 0.6) is 5.75 Å². The van der Waals surface area contributed by atoms with Crippen LogP contribution in [0.2, 0.25) is 0 Å². The van der Waals surface area contributed by atoms with Crippen LogP contribution < -0.4 is 20.7 Å². The molecule has 7 atom stereocenters. The fourth-order valence-corrected chi connectivity index (χ4v) is 6.91. The minimum absolute atomic E-state index is 0.0343. The molecule has 1 saturated heterocycles. The van der Waals surface area contributed by atoms with Crippen molar-refractivity contribution in [1.82, 2.24) is 25.0 Å². The van der Waals surface area contributed by atoms with Crippen molar-refractivity contribution in [3.8, 4) is 11.8 Å². The highest BCUT2D eigenvalue weighted by atomic mass is 31.2. The first-order valence-corrected chi connectivity index (χ1v) is 17.7. The molecule has 1 amide bonds. The van der Waals surface area contributed by atoms with Crippen molar-refractivity contribution in [3.05, 3.63) is 90.4 Å². The summed E-state index contributed by atoms with van der Waals surface area (Å²) in [5.74, 6) is -2.37. The minimum atomic E-state index is -4.58. The highest BCUT2D eigenvalue weighted by Gasteiger charge is 2.60. The predicted molar refractivity (Wildman–Crippen MR) is 185 cm³/mol. The van der Waals surface area contributed by atoms with Crippen molar-refractivity contribution < 1.29 is 52.4 Å². The molecular weight excluding hydrogens is 713 g/mol. The number of nitrogens with one attached hydrogen (secondary N) is 2. The Morgan fingerprint density at radius 2 is 1.77 bits per heavy atom. The number of hydrogen-bond acceptors (Lipinski definition) is 14. The number of aliphatic carboxylic acids is 1. The normalized spacial score (nSPS) is 22.2. The zero-order valence-corrected chi connectivity index (χ0v) is 29.9. The van der Waals surface area contributed by atoms with E-state index in [1.807, 2.05) is 6.07 Å². The molecule has 0 spiro atoms. The van der Waals surface area contributed by atoms with Crippen LogP contribution in [0.1, 0.15) is 45.0 Å². The molecule has 0 bridgehead atoms. The van der Waals surface area contributed by atoms with E-state index in [4.69, 9.17) is 29.0 Å². The van der Waals surface area contributed by atoms with E-state index in [2.05, 4.69) is 20.5 Å². The number of carboxylic acid groups (broad SMARTS) is 1. The third-order valence-corrected chi connectivity index (χ3v) is 9.49. The van der Waals surface area contributed by atoms with Gasteiger partial charge >= 0.3 is 25.8 Å². The SMILES string of the molecule is C[C@H](N[P@](=O)(OC[C@H]1O[C@@](C#N)(c2ccc3c(N)ncnn23)[C@H](O)[C@@H]1OC(=O)[C@H](NC(=O)OC(C)(C)C)c1ccccc1)Oc1ccccc1)C(=O)O. The van der Waals surface area contributed by atoms with E-state index >= 15 is 0 Å². The van der Waals surface area contributed by atoms with Crippen molar-refractivity contribution in [3.63, 3.8) is 0 Å². The van der Waals surface area contributed by atoms with E-state index in [0.29, 0.717) is 0 Å². The summed E-state index contributed by atoms with van der Waals surface area (Å²) in [6, 6.07) is 17.7. The molecule has 2 aromatic carbocycles. The van der Waals surface area contributed by atoms with Gasteiger partial charge in [-0.2, -0.15) is 15.4 Å². The van der Waals surface area contributed by atoms with E-state index in [1.165, 1.54) is 35.7 Å². The van der Waals surface area contributed by atoms with Crippen molar-refractivity contribution >= 4 is 37.1 Å². The second-order valence-electron chi connectivity index (χ2n) is 12.9. The second-order valence-corrected chi connectivity index (χ2v) is 14.6. The van der Waals surface area contributed by atoms with Crippen LogP contribution in [0, 0.1) is 11.3 Å². The lowest BCUT2D eigenvalue weighted by Gasteiger charge is -2.27. The molecule has 0 unspecified atom stereocenters. The quantitative estimate of drug-likeness (QED) is 0.0970. The number of nitriles is 1. The standard InChI is InChI=1S/C34H38N7O11P/c1-20(30(43)44)40-53(47,52-22-13-9-6-10-14-22)48-17-24-27(28(42)34(18-35,50-24)25-16-15-23-29(36)37-19-38-41(23)25)49-31(45)26(21-11-7-5-8-12-21)39-32(46)51-33(2,3)4/h5-16,19-20,24,26-28,42H,17H2,1-4H3,(H,39,46)(H,40,47)(H,43,44)(H2,36,37,38)/t20-,24+,26+,27+,28+,34-,53-/m0/s1. The zero-order chi connectivity index (χ0) is 38.6. The van der Waals surface area contributed by atoms with Gasteiger partial charge in [0.05, 0.1) is 12.3 Å². The van der Waals surface area contributed by atoms with Gasteiger partial charge in [-0.15, -0.1) is 0 Å². The molecule has 5 rings (SSSR count). The number of nitrogen functional groups attached to an aromatic ring is 1. The number of aromatic nitrogens is 3. The fourth-order valence-electron chi connectivity index (χ4n) is 5.40. The molecule has 0 saturated carbocycles. The summed E-state index contributed by atoms with van der Waals surface area (Å²) in [5, 5.41) is 41.1. The number of para-hydroxylation sites is 1. The largest absolute Gasteiger partial charge is 0.480 e. The molecule has 0 radical (unpaired) electrons.